The molecule has 2 heterocycles. The lowest BCUT2D eigenvalue weighted by Gasteiger charge is -2.19. The molecule has 4 aromatic rings. The summed E-state index contributed by atoms with van der Waals surface area (Å²) in [6, 6.07) is 18.5. The molecule has 1 aliphatic rings. The van der Waals surface area contributed by atoms with E-state index >= 15 is 0 Å². The second-order valence-corrected chi connectivity index (χ2v) is 9.61. The maximum Gasteiger partial charge on any atom is 0.410 e. The molecule has 42 heavy (non-hydrogen) atoms. The summed E-state index contributed by atoms with van der Waals surface area (Å²) >= 11 is 6.26. The van der Waals surface area contributed by atoms with Gasteiger partial charge in [-0.2, -0.15) is 4.98 Å². The molecule has 5 rings (SSSR count). The molecular weight excluding hydrogens is 565 g/mol. The van der Waals surface area contributed by atoms with E-state index in [2.05, 4.69) is 31.2 Å². The monoisotopic (exact) mass is 589 g/mol. The van der Waals surface area contributed by atoms with Gasteiger partial charge in [-0.15, -0.1) is 0 Å². The molecular formula is C29H25ClFN7O4. The normalized spacial score (nSPS) is 12.5. The van der Waals surface area contributed by atoms with Crippen molar-refractivity contribution in [1.29, 1.82) is 0 Å². The van der Waals surface area contributed by atoms with E-state index < -0.39 is 17.8 Å². The fourth-order valence-corrected chi connectivity index (χ4v) is 4.35. The number of anilines is 5. The average molecular weight is 590 g/mol. The van der Waals surface area contributed by atoms with Crippen molar-refractivity contribution in [3.05, 3.63) is 100 Å². The van der Waals surface area contributed by atoms with Crippen molar-refractivity contribution in [2.45, 2.75) is 13.2 Å². The summed E-state index contributed by atoms with van der Waals surface area (Å²) in [6.07, 6.45) is 0.720. The Kier molecular flexibility index (Phi) is 8.44. The van der Waals surface area contributed by atoms with Crippen molar-refractivity contribution in [3.63, 3.8) is 0 Å². The lowest BCUT2D eigenvalue weighted by Crippen LogP contribution is -2.35. The molecule has 3 amide bonds. The van der Waals surface area contributed by atoms with Crippen LogP contribution >= 0.6 is 11.6 Å². The van der Waals surface area contributed by atoms with Gasteiger partial charge in [0.1, 0.15) is 24.0 Å². The standard InChI is InChI=1S/C29H25ClFN7O4/c1-32-27(40)20-8-5-9-22(31)25(20)36-26-21(30)13-33-28(37-26)34-19-11-10-18-14-38(15-24(39)35-23(18)12-19)29(41)42-16-17-6-3-2-4-7-17/h2-13H,14-16H2,1H3,(H,32,40)(H,35,39)(H2,33,34,36,37). The second kappa shape index (κ2) is 12.5. The molecule has 0 spiro atoms. The molecule has 0 unspecified atom stereocenters. The predicted molar refractivity (Wildman–Crippen MR) is 156 cm³/mol. The highest BCUT2D eigenvalue weighted by Gasteiger charge is 2.25. The van der Waals surface area contributed by atoms with Crippen LogP contribution in [0.2, 0.25) is 5.02 Å². The molecule has 1 aromatic heterocycles. The van der Waals surface area contributed by atoms with Gasteiger partial charge in [0.25, 0.3) is 5.91 Å². The van der Waals surface area contributed by atoms with Crippen LogP contribution in [0, 0.1) is 5.82 Å². The zero-order valence-electron chi connectivity index (χ0n) is 22.3. The number of hydrogen-bond acceptors (Lipinski definition) is 8. The Bertz CT molecular complexity index is 1650. The van der Waals surface area contributed by atoms with E-state index in [9.17, 15) is 18.8 Å². The number of amides is 3. The molecule has 0 fully saturated rings. The molecule has 1 aliphatic heterocycles. The second-order valence-electron chi connectivity index (χ2n) is 9.20. The van der Waals surface area contributed by atoms with Crippen LogP contribution in [-0.4, -0.2) is 46.4 Å². The number of fused-ring (bicyclic) bond motifs is 1. The summed E-state index contributed by atoms with van der Waals surface area (Å²) in [5.41, 5.74) is 2.54. The smallest absolute Gasteiger partial charge is 0.410 e. The van der Waals surface area contributed by atoms with Gasteiger partial charge >= 0.3 is 6.09 Å². The Morgan fingerprint density at radius 1 is 1.07 bits per heavy atom. The molecule has 4 N–H and O–H groups in total. The number of carbonyl (C=O) groups excluding carboxylic acids is 3. The van der Waals surface area contributed by atoms with Gasteiger partial charge in [-0.25, -0.2) is 14.2 Å². The first kappa shape index (κ1) is 28.3. The van der Waals surface area contributed by atoms with Crippen LogP contribution in [0.25, 0.3) is 0 Å². The fraction of sp³-hybridized carbons (Fsp3) is 0.138. The topological polar surface area (TPSA) is 138 Å². The van der Waals surface area contributed by atoms with E-state index in [-0.39, 0.29) is 53.6 Å². The van der Waals surface area contributed by atoms with E-state index in [1.54, 1.807) is 18.2 Å². The molecule has 0 saturated heterocycles. The first-order valence-electron chi connectivity index (χ1n) is 12.8. The van der Waals surface area contributed by atoms with Crippen molar-refractivity contribution in [1.82, 2.24) is 20.2 Å². The van der Waals surface area contributed by atoms with E-state index in [1.807, 2.05) is 30.3 Å². The Balaban J connectivity index is 1.31. The van der Waals surface area contributed by atoms with Gasteiger partial charge in [0, 0.05) is 18.4 Å². The number of nitrogens with zero attached hydrogens (tertiary/aromatic N) is 3. The van der Waals surface area contributed by atoms with Crippen LogP contribution < -0.4 is 21.3 Å². The number of carbonyl (C=O) groups is 3. The zero-order chi connectivity index (χ0) is 29.6. The maximum absolute atomic E-state index is 14.6. The van der Waals surface area contributed by atoms with Crippen LogP contribution in [0.15, 0.2) is 72.9 Å². The van der Waals surface area contributed by atoms with Gasteiger partial charge in [-0.05, 0) is 35.4 Å². The fourth-order valence-electron chi connectivity index (χ4n) is 4.21. The molecule has 0 saturated carbocycles. The Labute approximate surface area is 245 Å². The number of para-hydroxylation sites is 1. The first-order valence-corrected chi connectivity index (χ1v) is 13.1. The quantitative estimate of drug-likeness (QED) is 0.231. The Morgan fingerprint density at radius 3 is 2.67 bits per heavy atom. The van der Waals surface area contributed by atoms with Gasteiger partial charge in [0.2, 0.25) is 11.9 Å². The van der Waals surface area contributed by atoms with Crippen molar-refractivity contribution < 1.29 is 23.5 Å². The summed E-state index contributed by atoms with van der Waals surface area (Å²) in [4.78, 5) is 47.4. The summed E-state index contributed by atoms with van der Waals surface area (Å²) in [5.74, 6) is -1.35. The zero-order valence-corrected chi connectivity index (χ0v) is 23.0. The highest BCUT2D eigenvalue weighted by atomic mass is 35.5. The first-order chi connectivity index (χ1) is 20.3. The Morgan fingerprint density at radius 2 is 1.88 bits per heavy atom. The minimum Gasteiger partial charge on any atom is -0.445 e. The van der Waals surface area contributed by atoms with Gasteiger partial charge < -0.3 is 26.0 Å². The summed E-state index contributed by atoms with van der Waals surface area (Å²) < 4.78 is 20.0. The van der Waals surface area contributed by atoms with Gasteiger partial charge in [-0.1, -0.05) is 54.1 Å². The van der Waals surface area contributed by atoms with Crippen molar-refractivity contribution in [2.75, 3.05) is 29.5 Å². The minimum atomic E-state index is -0.667. The average Bonchev–Trinajstić information content (AvgIpc) is 3.16. The van der Waals surface area contributed by atoms with E-state index in [1.165, 1.54) is 36.3 Å². The van der Waals surface area contributed by atoms with Crippen LogP contribution in [0.3, 0.4) is 0 Å². The maximum atomic E-state index is 14.6. The van der Waals surface area contributed by atoms with Gasteiger partial charge in [0.15, 0.2) is 5.82 Å². The minimum absolute atomic E-state index is 0.0668. The van der Waals surface area contributed by atoms with Crippen molar-refractivity contribution in [3.8, 4) is 0 Å². The number of nitrogens with one attached hydrogen (secondary N) is 4. The summed E-state index contributed by atoms with van der Waals surface area (Å²) in [7, 11) is 1.44. The molecule has 11 nitrogen and oxygen atoms in total. The molecule has 0 aliphatic carbocycles. The summed E-state index contributed by atoms with van der Waals surface area (Å²) in [6.45, 7) is 0.0771. The van der Waals surface area contributed by atoms with Crippen molar-refractivity contribution >= 4 is 58.3 Å². The molecule has 13 heteroatoms. The van der Waals surface area contributed by atoms with Gasteiger partial charge in [0.05, 0.1) is 24.0 Å². The lowest BCUT2D eigenvalue weighted by molar-refractivity contribution is -0.117. The number of rotatable bonds is 7. The molecule has 0 bridgehead atoms. The lowest BCUT2D eigenvalue weighted by atomic mass is 10.1. The predicted octanol–water partition coefficient (Wildman–Crippen LogP) is 5.21. The van der Waals surface area contributed by atoms with E-state index in [0.717, 1.165) is 5.56 Å². The number of aromatic nitrogens is 2. The number of ether oxygens (including phenoxy) is 1. The number of hydrogen-bond donors (Lipinski definition) is 4. The third kappa shape index (κ3) is 6.56. The van der Waals surface area contributed by atoms with Crippen molar-refractivity contribution in [2.24, 2.45) is 0 Å². The third-order valence-corrected chi connectivity index (χ3v) is 6.55. The van der Waals surface area contributed by atoms with Crippen LogP contribution in [0.4, 0.5) is 38.0 Å². The molecule has 0 radical (unpaired) electrons. The van der Waals surface area contributed by atoms with Crippen LogP contribution in [-0.2, 0) is 22.7 Å². The molecule has 0 atom stereocenters. The highest BCUT2D eigenvalue weighted by Crippen LogP contribution is 2.30. The summed E-state index contributed by atoms with van der Waals surface area (Å²) in [5, 5.41) is 11.2. The number of benzene rings is 3. The SMILES string of the molecule is CNC(=O)c1cccc(F)c1Nc1nc(Nc2ccc3c(c2)NC(=O)CN(C(=O)OCc2ccccc2)C3)ncc1Cl. The molecule has 214 valence electrons. The van der Waals surface area contributed by atoms with E-state index in [4.69, 9.17) is 16.3 Å². The molecule has 3 aromatic carbocycles. The largest absolute Gasteiger partial charge is 0.445 e. The third-order valence-electron chi connectivity index (χ3n) is 6.27. The van der Waals surface area contributed by atoms with E-state index in [0.29, 0.717) is 16.9 Å². The van der Waals surface area contributed by atoms with Gasteiger partial charge in [-0.3, -0.25) is 14.5 Å². The Hall–Kier alpha value is -5.23. The highest BCUT2D eigenvalue weighted by molar-refractivity contribution is 6.33. The number of halogens is 2. The van der Waals surface area contributed by atoms with Crippen LogP contribution in [0.5, 0.6) is 0 Å². The van der Waals surface area contributed by atoms with Crippen LogP contribution in [0.1, 0.15) is 21.5 Å².